The molecule has 0 aliphatic carbocycles. The molecule has 1 aliphatic heterocycles. The minimum absolute atomic E-state index is 0.223. The van der Waals surface area contributed by atoms with E-state index in [1.807, 2.05) is 0 Å². The van der Waals surface area contributed by atoms with Crippen molar-refractivity contribution in [3.05, 3.63) is 29.3 Å². The third kappa shape index (κ3) is 3.47. The Bertz CT molecular complexity index is 382. The van der Waals surface area contributed by atoms with Crippen LogP contribution in [-0.2, 0) is 11.2 Å². The highest BCUT2D eigenvalue weighted by Gasteiger charge is 2.11. The Balaban J connectivity index is 2.11. The van der Waals surface area contributed by atoms with Crippen molar-refractivity contribution in [3.63, 3.8) is 0 Å². The number of hydrogen-bond acceptors (Lipinski definition) is 3. The van der Waals surface area contributed by atoms with Crippen molar-refractivity contribution < 1.29 is 4.74 Å². The first-order valence-electron chi connectivity index (χ1n) is 6.84. The molecule has 1 saturated heterocycles. The topological polar surface area (TPSA) is 38.5 Å². The van der Waals surface area contributed by atoms with Gasteiger partial charge in [-0.3, -0.25) is 0 Å². The van der Waals surface area contributed by atoms with E-state index in [0.717, 1.165) is 39.1 Å². The zero-order chi connectivity index (χ0) is 13.0. The molecule has 1 aromatic rings. The first-order valence-corrected chi connectivity index (χ1v) is 6.84. The molecule has 1 fully saturated rings. The van der Waals surface area contributed by atoms with Crippen LogP contribution in [0.1, 0.15) is 24.5 Å². The highest BCUT2D eigenvalue weighted by Crippen LogP contribution is 2.21. The first kappa shape index (κ1) is 13.4. The Labute approximate surface area is 110 Å². The van der Waals surface area contributed by atoms with Crippen LogP contribution in [0.25, 0.3) is 0 Å². The molecule has 1 unspecified atom stereocenters. The monoisotopic (exact) mass is 248 g/mol. The molecule has 0 bridgehead atoms. The molecule has 100 valence electrons. The quantitative estimate of drug-likeness (QED) is 0.890. The lowest BCUT2D eigenvalue weighted by Crippen LogP contribution is -2.26. The standard InChI is InChI=1S/C15H24N2O/c1-12-10-15(5-4-14(12)11-13(2)16)17-6-3-8-18-9-7-17/h4-5,10,13H,3,6-9,11,16H2,1-2H3. The molecule has 0 amide bonds. The number of benzene rings is 1. The largest absolute Gasteiger partial charge is 0.380 e. The lowest BCUT2D eigenvalue weighted by Gasteiger charge is -2.23. The van der Waals surface area contributed by atoms with Crippen LogP contribution in [-0.4, -0.2) is 32.3 Å². The van der Waals surface area contributed by atoms with Gasteiger partial charge in [0.15, 0.2) is 0 Å². The van der Waals surface area contributed by atoms with E-state index in [1.54, 1.807) is 0 Å². The molecule has 0 saturated carbocycles. The Kier molecular flexibility index (Phi) is 4.61. The van der Waals surface area contributed by atoms with E-state index in [4.69, 9.17) is 10.5 Å². The van der Waals surface area contributed by atoms with Gasteiger partial charge in [0.1, 0.15) is 0 Å². The summed E-state index contributed by atoms with van der Waals surface area (Å²) in [6, 6.07) is 6.94. The summed E-state index contributed by atoms with van der Waals surface area (Å²) in [4.78, 5) is 2.41. The van der Waals surface area contributed by atoms with E-state index in [-0.39, 0.29) is 6.04 Å². The number of nitrogens with two attached hydrogens (primary N) is 1. The highest BCUT2D eigenvalue weighted by atomic mass is 16.5. The van der Waals surface area contributed by atoms with Gasteiger partial charge < -0.3 is 15.4 Å². The molecule has 2 rings (SSSR count). The van der Waals surface area contributed by atoms with Crippen LogP contribution in [0.3, 0.4) is 0 Å². The number of aryl methyl sites for hydroxylation is 1. The van der Waals surface area contributed by atoms with Crippen molar-refractivity contribution in [1.82, 2.24) is 0 Å². The molecule has 1 heterocycles. The maximum Gasteiger partial charge on any atom is 0.0641 e. The van der Waals surface area contributed by atoms with Crippen molar-refractivity contribution in [1.29, 1.82) is 0 Å². The highest BCUT2D eigenvalue weighted by molar-refractivity contribution is 5.51. The van der Waals surface area contributed by atoms with Crippen molar-refractivity contribution in [2.45, 2.75) is 32.7 Å². The van der Waals surface area contributed by atoms with Gasteiger partial charge in [-0.2, -0.15) is 0 Å². The minimum Gasteiger partial charge on any atom is -0.380 e. The molecule has 18 heavy (non-hydrogen) atoms. The smallest absolute Gasteiger partial charge is 0.0641 e. The SMILES string of the molecule is Cc1cc(N2CCCOCC2)ccc1CC(C)N. The fourth-order valence-electron chi connectivity index (χ4n) is 2.46. The fourth-order valence-corrected chi connectivity index (χ4v) is 2.46. The van der Waals surface area contributed by atoms with E-state index < -0.39 is 0 Å². The van der Waals surface area contributed by atoms with Crippen molar-refractivity contribution in [2.24, 2.45) is 5.73 Å². The van der Waals surface area contributed by atoms with Gasteiger partial charge in [0.25, 0.3) is 0 Å². The van der Waals surface area contributed by atoms with Crippen LogP contribution in [0, 0.1) is 6.92 Å². The molecule has 2 N–H and O–H groups in total. The number of anilines is 1. The van der Waals surface area contributed by atoms with Gasteiger partial charge >= 0.3 is 0 Å². The number of ether oxygens (including phenoxy) is 1. The van der Waals surface area contributed by atoms with E-state index in [1.165, 1.54) is 16.8 Å². The molecule has 0 aromatic heterocycles. The molecule has 1 aliphatic rings. The maximum atomic E-state index is 5.87. The average Bonchev–Trinajstić information content (AvgIpc) is 2.60. The second kappa shape index (κ2) is 6.21. The molecule has 1 atom stereocenters. The van der Waals surface area contributed by atoms with E-state index in [2.05, 4.69) is 36.9 Å². The fraction of sp³-hybridized carbons (Fsp3) is 0.600. The van der Waals surface area contributed by atoms with Gasteiger partial charge in [-0.05, 0) is 49.9 Å². The predicted molar refractivity (Wildman–Crippen MR) is 76.2 cm³/mol. The molecule has 0 radical (unpaired) electrons. The summed E-state index contributed by atoms with van der Waals surface area (Å²) in [5.74, 6) is 0. The summed E-state index contributed by atoms with van der Waals surface area (Å²) in [6.45, 7) is 8.03. The second-order valence-electron chi connectivity index (χ2n) is 5.25. The lowest BCUT2D eigenvalue weighted by atomic mass is 10.0. The van der Waals surface area contributed by atoms with Crippen molar-refractivity contribution in [3.8, 4) is 0 Å². The summed E-state index contributed by atoms with van der Waals surface area (Å²) in [7, 11) is 0. The zero-order valence-corrected chi connectivity index (χ0v) is 11.5. The summed E-state index contributed by atoms with van der Waals surface area (Å²) in [5, 5.41) is 0. The Morgan fingerprint density at radius 3 is 2.89 bits per heavy atom. The van der Waals surface area contributed by atoms with Crippen LogP contribution in [0.4, 0.5) is 5.69 Å². The van der Waals surface area contributed by atoms with Crippen LogP contribution in [0.15, 0.2) is 18.2 Å². The Hall–Kier alpha value is -1.06. The number of hydrogen-bond donors (Lipinski definition) is 1. The Morgan fingerprint density at radius 2 is 2.17 bits per heavy atom. The second-order valence-corrected chi connectivity index (χ2v) is 5.25. The van der Waals surface area contributed by atoms with Gasteiger partial charge in [-0.15, -0.1) is 0 Å². The lowest BCUT2D eigenvalue weighted by molar-refractivity contribution is 0.152. The van der Waals surface area contributed by atoms with Crippen molar-refractivity contribution >= 4 is 5.69 Å². The first-order chi connectivity index (χ1) is 8.66. The van der Waals surface area contributed by atoms with Crippen molar-refractivity contribution in [2.75, 3.05) is 31.2 Å². The summed E-state index contributed by atoms with van der Waals surface area (Å²) in [6.07, 6.45) is 2.07. The predicted octanol–water partition coefficient (Wildman–Crippen LogP) is 2.11. The Morgan fingerprint density at radius 1 is 1.33 bits per heavy atom. The van der Waals surface area contributed by atoms with Crippen LogP contribution in [0.2, 0.25) is 0 Å². The number of rotatable bonds is 3. The number of nitrogens with zero attached hydrogens (tertiary/aromatic N) is 1. The van der Waals surface area contributed by atoms with E-state index in [0.29, 0.717) is 0 Å². The molecule has 0 spiro atoms. The summed E-state index contributed by atoms with van der Waals surface area (Å²) >= 11 is 0. The molecular formula is C15H24N2O. The third-order valence-corrected chi connectivity index (χ3v) is 3.46. The normalized spacial score (nSPS) is 18.5. The van der Waals surface area contributed by atoms with Crippen LogP contribution < -0.4 is 10.6 Å². The molecule has 3 nitrogen and oxygen atoms in total. The third-order valence-electron chi connectivity index (χ3n) is 3.46. The van der Waals surface area contributed by atoms with Gasteiger partial charge in [-0.25, -0.2) is 0 Å². The van der Waals surface area contributed by atoms with Gasteiger partial charge in [0.05, 0.1) is 6.61 Å². The minimum atomic E-state index is 0.223. The van der Waals surface area contributed by atoms with Crippen LogP contribution >= 0.6 is 0 Å². The molecular weight excluding hydrogens is 224 g/mol. The maximum absolute atomic E-state index is 5.87. The van der Waals surface area contributed by atoms with Gasteiger partial charge in [0.2, 0.25) is 0 Å². The van der Waals surface area contributed by atoms with Crippen LogP contribution in [0.5, 0.6) is 0 Å². The molecule has 3 heteroatoms. The van der Waals surface area contributed by atoms with E-state index >= 15 is 0 Å². The zero-order valence-electron chi connectivity index (χ0n) is 11.5. The summed E-state index contributed by atoms with van der Waals surface area (Å²) in [5.41, 5.74) is 9.88. The van der Waals surface area contributed by atoms with Gasteiger partial charge in [-0.1, -0.05) is 6.07 Å². The average molecular weight is 248 g/mol. The van der Waals surface area contributed by atoms with E-state index in [9.17, 15) is 0 Å². The summed E-state index contributed by atoms with van der Waals surface area (Å²) < 4.78 is 5.49. The molecule has 1 aromatic carbocycles. The van der Waals surface area contributed by atoms with Gasteiger partial charge in [0, 0.05) is 31.4 Å².